The maximum Gasteiger partial charge on any atom is 0.262 e. The monoisotopic (exact) mass is 380 g/mol. The minimum Gasteiger partial charge on any atom is -0.493 e. The van der Waals surface area contributed by atoms with Crippen molar-refractivity contribution in [2.75, 3.05) is 14.2 Å². The molecule has 1 aromatic heterocycles. The Morgan fingerprint density at radius 3 is 2.68 bits per heavy atom. The summed E-state index contributed by atoms with van der Waals surface area (Å²) in [4.78, 5) is 12.5. The third-order valence-electron chi connectivity index (χ3n) is 4.95. The summed E-state index contributed by atoms with van der Waals surface area (Å²) in [5.74, 6) is 0.862. The molecule has 2 N–H and O–H groups in total. The van der Waals surface area contributed by atoms with Crippen molar-refractivity contribution in [1.29, 1.82) is 5.26 Å². The van der Waals surface area contributed by atoms with E-state index in [0.29, 0.717) is 22.8 Å². The normalized spacial score (nSPS) is 15.0. The molecule has 1 amide bonds. The van der Waals surface area contributed by atoms with Crippen LogP contribution in [0.1, 0.15) is 37.7 Å². The third kappa shape index (κ3) is 4.34. The summed E-state index contributed by atoms with van der Waals surface area (Å²) in [6, 6.07) is 7.63. The van der Waals surface area contributed by atoms with Crippen molar-refractivity contribution in [3.63, 3.8) is 0 Å². The van der Waals surface area contributed by atoms with Gasteiger partial charge in [0.1, 0.15) is 11.6 Å². The van der Waals surface area contributed by atoms with Gasteiger partial charge in [0.25, 0.3) is 5.91 Å². The van der Waals surface area contributed by atoms with Crippen molar-refractivity contribution < 1.29 is 14.3 Å². The third-order valence-corrected chi connectivity index (χ3v) is 4.95. The second-order valence-electron chi connectivity index (χ2n) is 6.75. The number of aromatic nitrogens is 2. The van der Waals surface area contributed by atoms with E-state index in [4.69, 9.17) is 9.47 Å². The van der Waals surface area contributed by atoms with Crippen LogP contribution >= 0.6 is 0 Å². The number of nitrogens with zero attached hydrogens (tertiary/aromatic N) is 2. The van der Waals surface area contributed by atoms with E-state index < -0.39 is 0 Å². The first-order valence-corrected chi connectivity index (χ1v) is 9.34. The van der Waals surface area contributed by atoms with E-state index in [0.717, 1.165) is 31.2 Å². The van der Waals surface area contributed by atoms with E-state index in [-0.39, 0.29) is 17.5 Å². The predicted molar refractivity (Wildman–Crippen MR) is 106 cm³/mol. The van der Waals surface area contributed by atoms with Crippen LogP contribution in [0.15, 0.2) is 30.0 Å². The van der Waals surface area contributed by atoms with Crippen molar-refractivity contribution in [2.45, 2.75) is 38.1 Å². The van der Waals surface area contributed by atoms with Gasteiger partial charge < -0.3 is 14.8 Å². The lowest BCUT2D eigenvalue weighted by molar-refractivity contribution is -0.117. The lowest BCUT2D eigenvalue weighted by Crippen LogP contribution is -2.36. The van der Waals surface area contributed by atoms with E-state index in [1.807, 2.05) is 18.2 Å². The fourth-order valence-corrected chi connectivity index (χ4v) is 3.44. The van der Waals surface area contributed by atoms with Gasteiger partial charge in [0.2, 0.25) is 0 Å². The number of nitriles is 1. The van der Waals surface area contributed by atoms with E-state index >= 15 is 0 Å². The van der Waals surface area contributed by atoms with Crippen molar-refractivity contribution in [3.8, 4) is 28.8 Å². The number of aromatic amines is 1. The highest BCUT2D eigenvalue weighted by Crippen LogP contribution is 2.33. The maximum atomic E-state index is 12.5. The Morgan fingerprint density at radius 1 is 1.25 bits per heavy atom. The molecule has 0 radical (unpaired) electrons. The Kier molecular flexibility index (Phi) is 6.33. The number of H-pyrrole nitrogens is 1. The number of hydrogen-bond donors (Lipinski definition) is 2. The Bertz CT molecular complexity index is 905. The fourth-order valence-electron chi connectivity index (χ4n) is 3.44. The first-order valence-electron chi connectivity index (χ1n) is 9.34. The predicted octanol–water partition coefficient (Wildman–Crippen LogP) is 3.45. The number of nitrogens with one attached hydrogen (secondary N) is 2. The van der Waals surface area contributed by atoms with Crippen LogP contribution in [-0.4, -0.2) is 36.4 Å². The van der Waals surface area contributed by atoms with Gasteiger partial charge in [0.15, 0.2) is 11.5 Å². The number of amides is 1. The smallest absolute Gasteiger partial charge is 0.262 e. The molecule has 0 saturated heterocycles. The van der Waals surface area contributed by atoms with E-state index in [2.05, 4.69) is 15.5 Å². The minimum absolute atomic E-state index is 0.0636. The summed E-state index contributed by atoms with van der Waals surface area (Å²) in [6.07, 6.45) is 8.52. The van der Waals surface area contributed by atoms with Crippen LogP contribution in [0.4, 0.5) is 0 Å². The number of carbonyl (C=O) groups excluding carboxylic acids is 1. The van der Waals surface area contributed by atoms with Gasteiger partial charge in [-0.05, 0) is 37.1 Å². The van der Waals surface area contributed by atoms with Crippen molar-refractivity contribution in [2.24, 2.45) is 0 Å². The first-order chi connectivity index (χ1) is 13.7. The average molecular weight is 380 g/mol. The quantitative estimate of drug-likeness (QED) is 0.590. The van der Waals surface area contributed by atoms with Gasteiger partial charge >= 0.3 is 0 Å². The summed E-state index contributed by atoms with van der Waals surface area (Å²) in [5.41, 5.74) is 2.22. The highest BCUT2D eigenvalue weighted by atomic mass is 16.5. The molecule has 3 rings (SSSR count). The summed E-state index contributed by atoms with van der Waals surface area (Å²) in [5, 5.41) is 19.5. The van der Waals surface area contributed by atoms with Crippen molar-refractivity contribution in [3.05, 3.63) is 35.5 Å². The number of rotatable bonds is 6. The van der Waals surface area contributed by atoms with Crippen LogP contribution in [0.2, 0.25) is 0 Å². The molecule has 0 unspecified atom stereocenters. The van der Waals surface area contributed by atoms with Gasteiger partial charge in [0.05, 0.1) is 26.1 Å². The van der Waals surface area contributed by atoms with Crippen LogP contribution in [-0.2, 0) is 4.79 Å². The van der Waals surface area contributed by atoms with Crippen LogP contribution in [0.25, 0.3) is 17.3 Å². The molecule has 1 fully saturated rings. The number of carbonyl (C=O) groups is 1. The van der Waals surface area contributed by atoms with Crippen LogP contribution in [0.5, 0.6) is 11.5 Å². The van der Waals surface area contributed by atoms with Gasteiger partial charge in [-0.25, -0.2) is 0 Å². The molecule has 0 aliphatic heterocycles. The molecular weight excluding hydrogens is 356 g/mol. The maximum absolute atomic E-state index is 12.5. The Labute approximate surface area is 164 Å². The zero-order valence-corrected chi connectivity index (χ0v) is 16.1. The lowest BCUT2D eigenvalue weighted by atomic mass is 9.95. The first kappa shape index (κ1) is 19.5. The zero-order valence-electron chi connectivity index (χ0n) is 16.1. The topological polar surface area (TPSA) is 100 Å². The summed E-state index contributed by atoms with van der Waals surface area (Å²) >= 11 is 0. The summed E-state index contributed by atoms with van der Waals surface area (Å²) in [6.45, 7) is 0. The average Bonchev–Trinajstić information content (AvgIpc) is 3.20. The van der Waals surface area contributed by atoms with Gasteiger partial charge in [-0.1, -0.05) is 19.3 Å². The Balaban J connectivity index is 1.85. The molecule has 2 aromatic rings. The van der Waals surface area contributed by atoms with Crippen LogP contribution < -0.4 is 14.8 Å². The summed E-state index contributed by atoms with van der Waals surface area (Å²) in [7, 11) is 3.14. The molecule has 28 heavy (non-hydrogen) atoms. The molecule has 0 bridgehead atoms. The Morgan fingerprint density at radius 2 is 2.00 bits per heavy atom. The zero-order chi connectivity index (χ0) is 19.9. The number of benzene rings is 1. The summed E-state index contributed by atoms with van der Waals surface area (Å²) < 4.78 is 10.6. The largest absolute Gasteiger partial charge is 0.493 e. The molecule has 146 valence electrons. The molecule has 7 nitrogen and oxygen atoms in total. The van der Waals surface area contributed by atoms with Crippen molar-refractivity contribution >= 4 is 12.0 Å². The second-order valence-corrected chi connectivity index (χ2v) is 6.75. The molecule has 1 saturated carbocycles. The van der Waals surface area contributed by atoms with E-state index in [1.165, 1.54) is 6.42 Å². The number of ether oxygens (including phenoxy) is 2. The molecule has 1 aromatic carbocycles. The van der Waals surface area contributed by atoms with Crippen LogP contribution in [0.3, 0.4) is 0 Å². The molecule has 1 aliphatic carbocycles. The van der Waals surface area contributed by atoms with Gasteiger partial charge in [-0.15, -0.1) is 0 Å². The minimum atomic E-state index is -0.339. The van der Waals surface area contributed by atoms with Gasteiger partial charge in [-0.3, -0.25) is 9.89 Å². The molecule has 0 spiro atoms. The molecule has 0 atom stereocenters. The Hall–Kier alpha value is -3.27. The van der Waals surface area contributed by atoms with Gasteiger partial charge in [-0.2, -0.15) is 10.4 Å². The highest BCUT2D eigenvalue weighted by molar-refractivity contribution is 6.02. The molecule has 7 heteroatoms. The van der Waals surface area contributed by atoms with Crippen molar-refractivity contribution in [1.82, 2.24) is 15.5 Å². The second kappa shape index (κ2) is 9.09. The molecular formula is C21H24N4O3. The SMILES string of the molecule is COc1ccc(-c2[nH]ncc2/C=C(\C#N)C(=O)NC2CCCCC2)cc1OC. The van der Waals surface area contributed by atoms with Gasteiger partial charge in [0, 0.05) is 17.2 Å². The fraction of sp³-hybridized carbons (Fsp3) is 0.381. The molecule has 1 heterocycles. The number of methoxy groups -OCH3 is 2. The molecule has 1 aliphatic rings. The number of hydrogen-bond acceptors (Lipinski definition) is 5. The van der Waals surface area contributed by atoms with Crippen LogP contribution in [0, 0.1) is 11.3 Å². The van der Waals surface area contributed by atoms with E-state index in [9.17, 15) is 10.1 Å². The highest BCUT2D eigenvalue weighted by Gasteiger charge is 2.19. The standard InChI is InChI=1S/C21H24N4O3/c1-27-18-9-8-14(11-19(18)28-2)20-16(13-23-25-20)10-15(12-22)21(26)24-17-6-4-3-5-7-17/h8-11,13,17H,3-7H2,1-2H3,(H,23,25)(H,24,26)/b15-10+. The lowest BCUT2D eigenvalue weighted by Gasteiger charge is -2.22. The van der Waals surface area contributed by atoms with E-state index in [1.54, 1.807) is 32.6 Å².